The first kappa shape index (κ1) is 13.9. The normalized spacial score (nSPS) is 9.50. The zero-order valence-corrected chi connectivity index (χ0v) is 11.3. The number of aromatic nitrogens is 1. The van der Waals surface area contributed by atoms with E-state index in [1.807, 2.05) is 30.3 Å². The van der Waals surface area contributed by atoms with Gasteiger partial charge in [0.25, 0.3) is 0 Å². The number of methoxy groups -OCH3 is 1. The van der Waals surface area contributed by atoms with Crippen LogP contribution in [-0.2, 0) is 6.61 Å². The van der Waals surface area contributed by atoms with E-state index < -0.39 is 0 Å². The summed E-state index contributed by atoms with van der Waals surface area (Å²) in [7, 11) is 1.64. The highest BCUT2D eigenvalue weighted by molar-refractivity contribution is 5.37. The maximum absolute atomic E-state index is 5.70. The highest BCUT2D eigenvalue weighted by Crippen LogP contribution is 2.16. The number of nitrogens with two attached hydrogens (primary N) is 1. The third-order valence-electron chi connectivity index (χ3n) is 2.59. The number of pyridine rings is 1. The van der Waals surface area contributed by atoms with E-state index in [2.05, 4.69) is 16.8 Å². The Morgan fingerprint density at radius 3 is 2.90 bits per heavy atom. The standard InChI is InChI=1S/C16H16N2O2/c1-19-15-6-2-4-14(9-15)12-20-16-8-13(5-3-7-17)10-18-11-16/h2,4,6,8-11H,7,12,17H2,1H3. The molecule has 0 spiro atoms. The van der Waals surface area contributed by atoms with Gasteiger partial charge < -0.3 is 15.2 Å². The molecular weight excluding hydrogens is 252 g/mol. The quantitative estimate of drug-likeness (QED) is 0.861. The summed E-state index contributed by atoms with van der Waals surface area (Å²) < 4.78 is 10.9. The van der Waals surface area contributed by atoms with Crippen molar-refractivity contribution in [1.29, 1.82) is 0 Å². The molecule has 102 valence electrons. The number of hydrogen-bond donors (Lipinski definition) is 1. The van der Waals surface area contributed by atoms with Gasteiger partial charge in [0.15, 0.2) is 0 Å². The molecule has 1 aromatic carbocycles. The van der Waals surface area contributed by atoms with Crippen molar-refractivity contribution in [1.82, 2.24) is 4.98 Å². The molecule has 1 aromatic heterocycles. The molecule has 2 rings (SSSR count). The second kappa shape index (κ2) is 7.17. The molecule has 0 amide bonds. The molecule has 0 fully saturated rings. The molecule has 0 aliphatic carbocycles. The van der Waals surface area contributed by atoms with Crippen molar-refractivity contribution < 1.29 is 9.47 Å². The molecule has 0 radical (unpaired) electrons. The zero-order chi connectivity index (χ0) is 14.2. The second-order valence-corrected chi connectivity index (χ2v) is 4.06. The molecule has 0 aliphatic heterocycles. The Labute approximate surface area is 118 Å². The SMILES string of the molecule is COc1cccc(COc2cncc(C#CCN)c2)c1. The molecule has 4 nitrogen and oxygen atoms in total. The Kier molecular flexibility index (Phi) is 4.99. The van der Waals surface area contributed by atoms with Crippen molar-refractivity contribution in [3.05, 3.63) is 53.9 Å². The van der Waals surface area contributed by atoms with E-state index in [-0.39, 0.29) is 0 Å². The molecule has 0 unspecified atom stereocenters. The number of benzene rings is 1. The Morgan fingerprint density at radius 2 is 2.10 bits per heavy atom. The van der Waals surface area contributed by atoms with E-state index in [9.17, 15) is 0 Å². The summed E-state index contributed by atoms with van der Waals surface area (Å²) in [4.78, 5) is 4.09. The minimum Gasteiger partial charge on any atom is -0.497 e. The van der Waals surface area contributed by atoms with Crippen LogP contribution in [0.4, 0.5) is 0 Å². The Bertz CT molecular complexity index is 630. The second-order valence-electron chi connectivity index (χ2n) is 4.06. The fourth-order valence-corrected chi connectivity index (χ4v) is 1.65. The van der Waals surface area contributed by atoms with Gasteiger partial charge in [-0.15, -0.1) is 0 Å². The average Bonchev–Trinajstić information content (AvgIpc) is 2.51. The molecule has 20 heavy (non-hydrogen) atoms. The summed E-state index contributed by atoms with van der Waals surface area (Å²) in [5.41, 5.74) is 7.16. The van der Waals surface area contributed by atoms with Crippen LogP contribution in [-0.4, -0.2) is 18.6 Å². The van der Waals surface area contributed by atoms with E-state index >= 15 is 0 Å². The number of rotatable bonds is 4. The lowest BCUT2D eigenvalue weighted by molar-refractivity contribution is 0.304. The molecule has 2 N–H and O–H groups in total. The highest BCUT2D eigenvalue weighted by atomic mass is 16.5. The lowest BCUT2D eigenvalue weighted by atomic mass is 10.2. The fraction of sp³-hybridized carbons (Fsp3) is 0.188. The van der Waals surface area contributed by atoms with Crippen molar-refractivity contribution >= 4 is 0 Å². The van der Waals surface area contributed by atoms with Crippen molar-refractivity contribution in [3.8, 4) is 23.3 Å². The smallest absolute Gasteiger partial charge is 0.139 e. The van der Waals surface area contributed by atoms with Gasteiger partial charge in [-0.05, 0) is 23.8 Å². The molecule has 0 bridgehead atoms. The van der Waals surface area contributed by atoms with Crippen LogP contribution < -0.4 is 15.2 Å². The molecule has 1 heterocycles. The van der Waals surface area contributed by atoms with Crippen LogP contribution in [0.25, 0.3) is 0 Å². The van der Waals surface area contributed by atoms with E-state index in [1.165, 1.54) is 0 Å². The summed E-state index contributed by atoms with van der Waals surface area (Å²) in [5.74, 6) is 7.20. The average molecular weight is 268 g/mol. The van der Waals surface area contributed by atoms with Crippen LogP contribution in [0.1, 0.15) is 11.1 Å². The van der Waals surface area contributed by atoms with Crippen molar-refractivity contribution in [2.24, 2.45) is 5.73 Å². The molecule has 4 heteroatoms. The predicted molar refractivity (Wildman–Crippen MR) is 77.5 cm³/mol. The van der Waals surface area contributed by atoms with Gasteiger partial charge in [0.05, 0.1) is 19.9 Å². The van der Waals surface area contributed by atoms with E-state index in [4.69, 9.17) is 15.2 Å². The monoisotopic (exact) mass is 268 g/mol. The maximum Gasteiger partial charge on any atom is 0.139 e. The summed E-state index contributed by atoms with van der Waals surface area (Å²) in [6.45, 7) is 0.779. The van der Waals surface area contributed by atoms with Gasteiger partial charge in [-0.1, -0.05) is 24.0 Å². The van der Waals surface area contributed by atoms with Crippen LogP contribution in [0.2, 0.25) is 0 Å². The largest absolute Gasteiger partial charge is 0.497 e. The van der Waals surface area contributed by atoms with Gasteiger partial charge in [-0.25, -0.2) is 0 Å². The van der Waals surface area contributed by atoms with Crippen LogP contribution in [0.5, 0.6) is 11.5 Å². The maximum atomic E-state index is 5.70. The van der Waals surface area contributed by atoms with Crippen LogP contribution in [0, 0.1) is 11.8 Å². The van der Waals surface area contributed by atoms with Gasteiger partial charge in [0, 0.05) is 11.8 Å². The molecule has 0 aliphatic rings. The number of ether oxygens (including phenoxy) is 2. The minimum atomic E-state index is 0.328. The minimum absolute atomic E-state index is 0.328. The highest BCUT2D eigenvalue weighted by Gasteiger charge is 1.99. The van der Waals surface area contributed by atoms with Crippen molar-refractivity contribution in [2.45, 2.75) is 6.61 Å². The van der Waals surface area contributed by atoms with Gasteiger partial charge >= 0.3 is 0 Å². The van der Waals surface area contributed by atoms with Gasteiger partial charge in [0.1, 0.15) is 18.1 Å². The third-order valence-corrected chi connectivity index (χ3v) is 2.59. The predicted octanol–water partition coefficient (Wildman–Crippen LogP) is 1.98. The van der Waals surface area contributed by atoms with Crippen LogP contribution >= 0.6 is 0 Å². The molecular formula is C16H16N2O2. The molecule has 2 aromatic rings. The number of nitrogens with zero attached hydrogens (tertiary/aromatic N) is 1. The van der Waals surface area contributed by atoms with Crippen molar-refractivity contribution in [2.75, 3.05) is 13.7 Å². The Balaban J connectivity index is 2.03. The lowest BCUT2D eigenvalue weighted by Crippen LogP contribution is -1.97. The first-order valence-corrected chi connectivity index (χ1v) is 6.21. The van der Waals surface area contributed by atoms with Crippen LogP contribution in [0.15, 0.2) is 42.7 Å². The molecule has 0 saturated heterocycles. The Hall–Kier alpha value is -2.51. The summed E-state index contributed by atoms with van der Waals surface area (Å²) >= 11 is 0. The van der Waals surface area contributed by atoms with Crippen molar-refractivity contribution in [3.63, 3.8) is 0 Å². The zero-order valence-electron chi connectivity index (χ0n) is 11.3. The summed E-state index contributed by atoms with van der Waals surface area (Å²) in [6.07, 6.45) is 3.34. The summed E-state index contributed by atoms with van der Waals surface area (Å²) in [6, 6.07) is 9.59. The first-order valence-electron chi connectivity index (χ1n) is 6.21. The molecule has 0 atom stereocenters. The topological polar surface area (TPSA) is 57.4 Å². The Morgan fingerprint density at radius 1 is 1.20 bits per heavy atom. The van der Waals surface area contributed by atoms with E-state index in [1.54, 1.807) is 19.5 Å². The third kappa shape index (κ3) is 4.01. The number of hydrogen-bond acceptors (Lipinski definition) is 4. The van der Waals surface area contributed by atoms with Gasteiger partial charge in [-0.2, -0.15) is 0 Å². The summed E-state index contributed by atoms with van der Waals surface area (Å²) in [5, 5.41) is 0. The van der Waals surface area contributed by atoms with Gasteiger partial charge in [0.2, 0.25) is 0 Å². The van der Waals surface area contributed by atoms with Gasteiger partial charge in [-0.3, -0.25) is 4.98 Å². The molecule has 0 saturated carbocycles. The fourth-order valence-electron chi connectivity index (χ4n) is 1.65. The lowest BCUT2D eigenvalue weighted by Gasteiger charge is -2.07. The first-order chi connectivity index (χ1) is 9.81. The van der Waals surface area contributed by atoms with Crippen LogP contribution in [0.3, 0.4) is 0 Å². The van der Waals surface area contributed by atoms with E-state index in [0.717, 1.165) is 16.9 Å². The van der Waals surface area contributed by atoms with E-state index in [0.29, 0.717) is 18.9 Å².